The van der Waals surface area contributed by atoms with E-state index < -0.39 is 74.5 Å². The first-order chi connectivity index (χ1) is 24.0. The number of halogens is 1. The summed E-state index contributed by atoms with van der Waals surface area (Å²) in [5.74, 6) is -4.34. The van der Waals surface area contributed by atoms with Crippen LogP contribution in [0, 0.1) is 5.41 Å². The smallest absolute Gasteiger partial charge is 0.408 e. The second kappa shape index (κ2) is 18.7. The lowest BCUT2D eigenvalue weighted by atomic mass is 9.83. The van der Waals surface area contributed by atoms with E-state index in [9.17, 15) is 44.4 Å². The molecule has 0 fully saturated rings. The summed E-state index contributed by atoms with van der Waals surface area (Å²) in [7, 11) is 0. The highest BCUT2D eigenvalue weighted by Crippen LogP contribution is 2.36. The number of rotatable bonds is 17. The van der Waals surface area contributed by atoms with Crippen LogP contribution in [-0.2, 0) is 46.2 Å². The third-order valence-corrected chi connectivity index (χ3v) is 8.03. The maximum Gasteiger partial charge on any atom is 0.408 e. The Balaban J connectivity index is 2.22. The minimum Gasteiger partial charge on any atom is -0.504 e. The summed E-state index contributed by atoms with van der Waals surface area (Å²) in [5, 5.41) is 47.2. The molecule has 0 aliphatic rings. The monoisotopic (exact) mass is 795 g/mol. The highest BCUT2D eigenvalue weighted by atomic mass is 79.9. The summed E-state index contributed by atoms with van der Waals surface area (Å²) < 4.78 is 14.8. The number of esters is 2. The number of ether oxygens (including phenoxy) is 3. The van der Waals surface area contributed by atoms with Crippen LogP contribution in [0.15, 0.2) is 36.4 Å². The van der Waals surface area contributed by atoms with Gasteiger partial charge in [-0.05, 0) is 89.8 Å². The number of phenolic OH excluding ortho intramolecular Hbond substituents is 4. The molecule has 15 nitrogen and oxygen atoms in total. The molecule has 0 saturated heterocycles. The molecule has 3 atom stereocenters. The molecule has 52 heavy (non-hydrogen) atoms. The van der Waals surface area contributed by atoms with E-state index in [1.54, 1.807) is 41.5 Å². The van der Waals surface area contributed by atoms with Crippen LogP contribution in [0.5, 0.6) is 23.0 Å². The number of amides is 3. The number of phenols is 4. The summed E-state index contributed by atoms with van der Waals surface area (Å²) in [6.45, 7) is 11.4. The number of carbonyl (C=O) groups is 5. The van der Waals surface area contributed by atoms with Gasteiger partial charge in [-0.25, -0.2) is 4.79 Å². The molecular formula is C36H50BrN3O12. The zero-order chi connectivity index (χ0) is 39.4. The van der Waals surface area contributed by atoms with Crippen LogP contribution in [0.4, 0.5) is 4.79 Å². The fourth-order valence-electron chi connectivity index (χ4n) is 4.96. The van der Waals surface area contributed by atoms with E-state index in [1.807, 2.05) is 6.92 Å². The Morgan fingerprint density at radius 3 is 1.69 bits per heavy atom. The summed E-state index contributed by atoms with van der Waals surface area (Å²) >= 11 is 3.36. The van der Waals surface area contributed by atoms with Gasteiger partial charge in [0.05, 0.1) is 18.6 Å². The minimum atomic E-state index is -1.33. The molecule has 3 unspecified atom stereocenters. The zero-order valence-corrected chi connectivity index (χ0v) is 32.1. The van der Waals surface area contributed by atoms with Gasteiger partial charge in [-0.3, -0.25) is 19.2 Å². The number of benzene rings is 2. The van der Waals surface area contributed by atoms with E-state index in [0.29, 0.717) is 17.5 Å². The van der Waals surface area contributed by atoms with Gasteiger partial charge in [0, 0.05) is 12.8 Å². The van der Waals surface area contributed by atoms with Gasteiger partial charge in [0.1, 0.15) is 28.6 Å². The Labute approximate surface area is 311 Å². The topological polar surface area (TPSA) is 230 Å². The molecule has 7 N–H and O–H groups in total. The number of hydrogen-bond acceptors (Lipinski definition) is 12. The van der Waals surface area contributed by atoms with Crippen molar-refractivity contribution >= 4 is 45.8 Å². The molecular weight excluding hydrogens is 746 g/mol. The van der Waals surface area contributed by atoms with Gasteiger partial charge in [-0.2, -0.15) is 0 Å². The first-order valence-electron chi connectivity index (χ1n) is 16.7. The maximum absolute atomic E-state index is 13.7. The van der Waals surface area contributed by atoms with Crippen molar-refractivity contribution in [1.29, 1.82) is 0 Å². The standard InChI is InChI=1S/C36H50BrN3O12/c1-8-14-50-32(48)36(7,37)20-35(5,6)31(47)51-15-13-38-29(45)23(16-21-9-11-25(41)27(43)18-21)39-30(46)24(40-33(49)52-34(2,3)4)17-22-10-12-26(42)28(44)19-22/h9-12,18-19,23-24,41-44H,8,13-17,20H2,1-7H3,(H,38,45)(H,39,46)(H,40,49). The second-order valence-electron chi connectivity index (χ2n) is 14.1. The lowest BCUT2D eigenvalue weighted by molar-refractivity contribution is -0.156. The normalized spacial score (nSPS) is 13.8. The third kappa shape index (κ3) is 14.1. The number of carbonyl (C=O) groups excluding carboxylic acids is 5. The van der Waals surface area contributed by atoms with Crippen LogP contribution in [0.3, 0.4) is 0 Å². The Bertz CT molecular complexity index is 1590. The van der Waals surface area contributed by atoms with Crippen LogP contribution in [-0.4, -0.2) is 92.0 Å². The summed E-state index contributed by atoms with van der Waals surface area (Å²) in [4.78, 5) is 65.3. The van der Waals surface area contributed by atoms with E-state index in [1.165, 1.54) is 36.4 Å². The Morgan fingerprint density at radius 1 is 0.712 bits per heavy atom. The molecule has 2 aromatic carbocycles. The first kappa shape index (κ1) is 43.4. The molecule has 0 aromatic heterocycles. The molecule has 3 amide bonds. The highest BCUT2D eigenvalue weighted by Gasteiger charge is 2.42. The summed E-state index contributed by atoms with van der Waals surface area (Å²) in [6.07, 6.45) is -0.576. The number of nitrogens with one attached hydrogen (secondary N) is 3. The molecule has 2 aromatic rings. The van der Waals surface area contributed by atoms with E-state index >= 15 is 0 Å². The second-order valence-corrected chi connectivity index (χ2v) is 15.9. The van der Waals surface area contributed by atoms with Gasteiger partial charge in [-0.1, -0.05) is 35.0 Å². The fourth-order valence-corrected chi connectivity index (χ4v) is 5.78. The average Bonchev–Trinajstić information content (AvgIpc) is 3.02. The highest BCUT2D eigenvalue weighted by molar-refractivity contribution is 9.10. The van der Waals surface area contributed by atoms with Crippen LogP contribution in [0.25, 0.3) is 0 Å². The molecule has 0 bridgehead atoms. The SMILES string of the molecule is CCCOC(=O)C(C)(Br)CC(C)(C)C(=O)OCCNC(=O)C(Cc1ccc(O)c(O)c1)NC(=O)C(Cc1ccc(O)c(O)c1)NC(=O)OC(C)(C)C. The van der Waals surface area contributed by atoms with Gasteiger partial charge in [0.2, 0.25) is 11.8 Å². The lowest BCUT2D eigenvalue weighted by Crippen LogP contribution is -2.55. The molecule has 0 radical (unpaired) electrons. The predicted molar refractivity (Wildman–Crippen MR) is 193 cm³/mol. The van der Waals surface area contributed by atoms with Crippen LogP contribution in [0.1, 0.15) is 72.4 Å². The van der Waals surface area contributed by atoms with Gasteiger partial charge in [0.25, 0.3) is 0 Å². The maximum atomic E-state index is 13.7. The van der Waals surface area contributed by atoms with Gasteiger partial charge < -0.3 is 50.6 Å². The van der Waals surface area contributed by atoms with Crippen molar-refractivity contribution in [1.82, 2.24) is 16.0 Å². The number of alkyl carbamates (subject to hydrolysis) is 1. The molecule has 288 valence electrons. The number of hydrogen-bond donors (Lipinski definition) is 7. The number of aromatic hydroxyl groups is 4. The Kier molecular flexibility index (Phi) is 15.6. The van der Waals surface area contributed by atoms with Crippen LogP contribution >= 0.6 is 15.9 Å². The van der Waals surface area contributed by atoms with Crippen molar-refractivity contribution in [2.45, 2.75) is 96.2 Å². The van der Waals surface area contributed by atoms with Crippen molar-refractivity contribution in [3.8, 4) is 23.0 Å². The van der Waals surface area contributed by atoms with E-state index in [0.717, 1.165) is 0 Å². The minimum absolute atomic E-state index is 0.0591. The Hall–Kier alpha value is -4.73. The third-order valence-electron chi connectivity index (χ3n) is 7.42. The van der Waals surface area contributed by atoms with Crippen molar-refractivity contribution in [2.75, 3.05) is 19.8 Å². The van der Waals surface area contributed by atoms with Crippen molar-refractivity contribution < 1.29 is 58.6 Å². The van der Waals surface area contributed by atoms with Crippen molar-refractivity contribution in [2.24, 2.45) is 5.41 Å². The van der Waals surface area contributed by atoms with Gasteiger partial charge >= 0.3 is 18.0 Å². The predicted octanol–water partition coefficient (Wildman–Crippen LogP) is 3.85. The van der Waals surface area contributed by atoms with Crippen molar-refractivity contribution in [3.05, 3.63) is 47.5 Å². The molecule has 0 spiro atoms. The van der Waals surface area contributed by atoms with Gasteiger partial charge in [0.15, 0.2) is 23.0 Å². The fraction of sp³-hybridized carbons (Fsp3) is 0.528. The molecule has 2 rings (SSSR count). The molecule has 16 heteroatoms. The Morgan fingerprint density at radius 2 is 1.21 bits per heavy atom. The van der Waals surface area contributed by atoms with E-state index in [-0.39, 0.29) is 44.8 Å². The summed E-state index contributed by atoms with van der Waals surface area (Å²) in [5.41, 5.74) is -1.30. The molecule has 0 saturated carbocycles. The molecule has 0 heterocycles. The molecule has 0 aliphatic heterocycles. The molecule has 0 aliphatic carbocycles. The lowest BCUT2D eigenvalue weighted by Gasteiger charge is -2.30. The van der Waals surface area contributed by atoms with Gasteiger partial charge in [-0.15, -0.1) is 0 Å². The summed E-state index contributed by atoms with van der Waals surface area (Å²) in [6, 6.07) is 5.12. The largest absolute Gasteiger partial charge is 0.504 e. The van der Waals surface area contributed by atoms with E-state index in [2.05, 4.69) is 31.9 Å². The van der Waals surface area contributed by atoms with Crippen LogP contribution < -0.4 is 16.0 Å². The zero-order valence-electron chi connectivity index (χ0n) is 30.5. The first-order valence-corrected chi connectivity index (χ1v) is 17.5. The van der Waals surface area contributed by atoms with E-state index in [4.69, 9.17) is 14.2 Å². The quantitative estimate of drug-likeness (QED) is 0.0398. The van der Waals surface area contributed by atoms with Crippen LogP contribution in [0.2, 0.25) is 0 Å². The number of alkyl halides is 1. The van der Waals surface area contributed by atoms with Crippen molar-refractivity contribution in [3.63, 3.8) is 0 Å². The average molecular weight is 797 g/mol.